The number of nitrogens with one attached hydrogen (secondary N) is 1. The highest BCUT2D eigenvalue weighted by molar-refractivity contribution is 7.89. The molecule has 1 unspecified atom stereocenters. The largest absolute Gasteiger partial charge is 0.398 e. The van der Waals surface area contributed by atoms with Crippen LogP contribution in [-0.4, -0.2) is 26.2 Å². The summed E-state index contributed by atoms with van der Waals surface area (Å²) in [6, 6.07) is 4.15. The van der Waals surface area contributed by atoms with Crippen LogP contribution in [0.4, 0.5) is 5.69 Å². The number of aliphatic hydroxyl groups excluding tert-OH is 1. The molecule has 0 aliphatic rings. The van der Waals surface area contributed by atoms with Crippen molar-refractivity contribution in [3.63, 3.8) is 0 Å². The molecule has 1 aromatic carbocycles. The zero-order valence-corrected chi connectivity index (χ0v) is 10.9. The normalized spacial score (nSPS) is 13.6. The summed E-state index contributed by atoms with van der Waals surface area (Å²) in [5.74, 6) is 0. The number of nitrogens with two attached hydrogens (primary N) is 1. The quantitative estimate of drug-likeness (QED) is 0.700. The number of hydrogen-bond acceptors (Lipinski definition) is 4. The zero-order valence-electron chi connectivity index (χ0n) is 9.35. The molecular weight excluding hydrogens is 264 g/mol. The Kier molecular flexibility index (Phi) is 4.76. The molecule has 0 fully saturated rings. The lowest BCUT2D eigenvalue weighted by Gasteiger charge is -2.11. The predicted octanol–water partition coefficient (Wildman–Crippen LogP) is 0.971. The number of benzene rings is 1. The Morgan fingerprint density at radius 3 is 2.71 bits per heavy atom. The molecule has 0 aliphatic heterocycles. The lowest BCUT2D eigenvalue weighted by atomic mass is 10.3. The van der Waals surface area contributed by atoms with E-state index in [1.54, 1.807) is 6.92 Å². The van der Waals surface area contributed by atoms with Gasteiger partial charge < -0.3 is 10.8 Å². The first kappa shape index (κ1) is 14.2. The monoisotopic (exact) mass is 278 g/mol. The van der Waals surface area contributed by atoms with Gasteiger partial charge in [0.05, 0.1) is 11.8 Å². The molecule has 0 amide bonds. The van der Waals surface area contributed by atoms with E-state index in [2.05, 4.69) is 4.72 Å². The topological polar surface area (TPSA) is 92.4 Å². The fourth-order valence-corrected chi connectivity index (χ4v) is 2.56. The SMILES string of the molecule is CCC(O)CNS(=O)(=O)c1ccc(Cl)cc1N. The van der Waals surface area contributed by atoms with Gasteiger partial charge in [-0.1, -0.05) is 18.5 Å². The zero-order chi connectivity index (χ0) is 13.1. The highest BCUT2D eigenvalue weighted by atomic mass is 35.5. The van der Waals surface area contributed by atoms with Gasteiger partial charge >= 0.3 is 0 Å². The average Bonchev–Trinajstić information content (AvgIpc) is 2.25. The van der Waals surface area contributed by atoms with E-state index in [0.29, 0.717) is 11.4 Å². The summed E-state index contributed by atoms with van der Waals surface area (Å²) >= 11 is 5.68. The standard InChI is InChI=1S/C10H15ClN2O3S/c1-2-8(14)6-13-17(15,16)10-4-3-7(11)5-9(10)12/h3-5,8,13-14H,2,6,12H2,1H3. The molecule has 7 heteroatoms. The molecule has 5 nitrogen and oxygen atoms in total. The number of aliphatic hydroxyl groups is 1. The number of nitrogen functional groups attached to an aromatic ring is 1. The van der Waals surface area contributed by atoms with Crippen molar-refractivity contribution in [2.45, 2.75) is 24.3 Å². The van der Waals surface area contributed by atoms with Crippen LogP contribution in [0.5, 0.6) is 0 Å². The van der Waals surface area contributed by atoms with Crippen LogP contribution in [0.15, 0.2) is 23.1 Å². The van der Waals surface area contributed by atoms with E-state index in [0.717, 1.165) is 0 Å². The summed E-state index contributed by atoms with van der Waals surface area (Å²) in [4.78, 5) is -0.0368. The van der Waals surface area contributed by atoms with Gasteiger partial charge in [0.1, 0.15) is 4.90 Å². The summed E-state index contributed by atoms with van der Waals surface area (Å²) in [5.41, 5.74) is 5.66. The number of anilines is 1. The minimum Gasteiger partial charge on any atom is -0.398 e. The maximum atomic E-state index is 11.8. The van der Waals surface area contributed by atoms with Crippen LogP contribution in [0.3, 0.4) is 0 Å². The van der Waals surface area contributed by atoms with Crippen molar-refractivity contribution in [2.75, 3.05) is 12.3 Å². The van der Waals surface area contributed by atoms with Gasteiger partial charge in [0.25, 0.3) is 0 Å². The number of halogens is 1. The van der Waals surface area contributed by atoms with Crippen LogP contribution in [0.2, 0.25) is 5.02 Å². The minimum atomic E-state index is -3.71. The van der Waals surface area contributed by atoms with Crippen molar-refractivity contribution in [1.29, 1.82) is 0 Å². The van der Waals surface area contributed by atoms with E-state index < -0.39 is 16.1 Å². The smallest absolute Gasteiger partial charge is 0.242 e. The molecule has 1 atom stereocenters. The van der Waals surface area contributed by atoms with Gasteiger partial charge in [-0.25, -0.2) is 13.1 Å². The summed E-state index contributed by atoms with van der Waals surface area (Å²) in [6.45, 7) is 1.72. The minimum absolute atomic E-state index is 0.0368. The van der Waals surface area contributed by atoms with Crippen LogP contribution in [0, 0.1) is 0 Å². The van der Waals surface area contributed by atoms with Gasteiger partial charge in [-0.3, -0.25) is 0 Å². The maximum absolute atomic E-state index is 11.8. The lowest BCUT2D eigenvalue weighted by molar-refractivity contribution is 0.174. The summed E-state index contributed by atoms with van der Waals surface area (Å²) in [6.07, 6.45) is -0.239. The summed E-state index contributed by atoms with van der Waals surface area (Å²) in [5, 5.41) is 9.67. The molecule has 0 radical (unpaired) electrons. The van der Waals surface area contributed by atoms with E-state index in [1.165, 1.54) is 18.2 Å². The third-order valence-electron chi connectivity index (χ3n) is 2.24. The average molecular weight is 279 g/mol. The second-order valence-electron chi connectivity index (χ2n) is 3.60. The maximum Gasteiger partial charge on any atom is 0.242 e. The molecule has 0 heterocycles. The number of rotatable bonds is 5. The van der Waals surface area contributed by atoms with Gasteiger partial charge in [-0.15, -0.1) is 0 Å². The highest BCUT2D eigenvalue weighted by Crippen LogP contribution is 2.22. The molecule has 0 saturated carbocycles. The Morgan fingerprint density at radius 2 is 2.18 bits per heavy atom. The van der Waals surface area contributed by atoms with Crippen molar-refractivity contribution in [1.82, 2.24) is 4.72 Å². The third-order valence-corrected chi connectivity index (χ3v) is 3.97. The molecule has 0 aromatic heterocycles. The molecule has 0 saturated heterocycles. The second kappa shape index (κ2) is 5.68. The van der Waals surface area contributed by atoms with Crippen LogP contribution in [0.25, 0.3) is 0 Å². The van der Waals surface area contributed by atoms with E-state index in [9.17, 15) is 13.5 Å². The van der Waals surface area contributed by atoms with Crippen molar-refractivity contribution in [3.05, 3.63) is 23.2 Å². The molecule has 0 aliphatic carbocycles. The molecular formula is C10H15ClN2O3S. The van der Waals surface area contributed by atoms with Crippen molar-refractivity contribution >= 4 is 27.3 Å². The van der Waals surface area contributed by atoms with E-state index >= 15 is 0 Å². The Hall–Kier alpha value is -0.820. The van der Waals surface area contributed by atoms with Crippen LogP contribution >= 0.6 is 11.6 Å². The van der Waals surface area contributed by atoms with Gasteiger partial charge in [-0.05, 0) is 24.6 Å². The van der Waals surface area contributed by atoms with Crippen LogP contribution in [-0.2, 0) is 10.0 Å². The van der Waals surface area contributed by atoms with Gasteiger partial charge in [0.2, 0.25) is 10.0 Å². The molecule has 0 spiro atoms. The summed E-state index contributed by atoms with van der Waals surface area (Å²) < 4.78 is 26.0. The van der Waals surface area contributed by atoms with Crippen molar-refractivity contribution < 1.29 is 13.5 Å². The van der Waals surface area contributed by atoms with E-state index in [1.807, 2.05) is 0 Å². The lowest BCUT2D eigenvalue weighted by Crippen LogP contribution is -2.32. The predicted molar refractivity (Wildman–Crippen MR) is 67.4 cm³/mol. The van der Waals surface area contributed by atoms with Crippen LogP contribution < -0.4 is 10.5 Å². The summed E-state index contributed by atoms with van der Waals surface area (Å²) in [7, 11) is -3.71. The van der Waals surface area contributed by atoms with Gasteiger partial charge in [-0.2, -0.15) is 0 Å². The number of hydrogen-bond donors (Lipinski definition) is 3. The third kappa shape index (κ3) is 3.85. The first-order valence-electron chi connectivity index (χ1n) is 5.09. The molecule has 17 heavy (non-hydrogen) atoms. The first-order valence-corrected chi connectivity index (χ1v) is 6.95. The number of sulfonamides is 1. The first-order chi connectivity index (χ1) is 7.86. The molecule has 96 valence electrons. The molecule has 1 rings (SSSR count). The Balaban J connectivity index is 2.90. The molecule has 1 aromatic rings. The van der Waals surface area contributed by atoms with Crippen molar-refractivity contribution in [2.24, 2.45) is 0 Å². The van der Waals surface area contributed by atoms with Gasteiger partial charge in [0.15, 0.2) is 0 Å². The molecule has 0 bridgehead atoms. The fraction of sp³-hybridized carbons (Fsp3) is 0.400. The van der Waals surface area contributed by atoms with Gasteiger partial charge in [0, 0.05) is 11.6 Å². The van der Waals surface area contributed by atoms with Crippen LogP contribution in [0.1, 0.15) is 13.3 Å². The Morgan fingerprint density at radius 1 is 1.53 bits per heavy atom. The van der Waals surface area contributed by atoms with E-state index in [-0.39, 0.29) is 17.1 Å². The Labute approximate surface area is 106 Å². The highest BCUT2D eigenvalue weighted by Gasteiger charge is 2.18. The van der Waals surface area contributed by atoms with E-state index in [4.69, 9.17) is 17.3 Å². The molecule has 4 N–H and O–H groups in total. The van der Waals surface area contributed by atoms with Crippen molar-refractivity contribution in [3.8, 4) is 0 Å². The fourth-order valence-electron chi connectivity index (χ4n) is 1.19. The second-order valence-corrected chi connectivity index (χ2v) is 5.77. The Bertz CT molecular complexity index is 490.